The van der Waals surface area contributed by atoms with Gasteiger partial charge in [0.15, 0.2) is 6.29 Å². The van der Waals surface area contributed by atoms with Gasteiger partial charge in [-0.05, 0) is 6.42 Å². The molecule has 0 saturated heterocycles. The molecule has 1 N–H and O–H groups in total. The maximum atomic E-state index is 11.5. The summed E-state index contributed by atoms with van der Waals surface area (Å²) < 4.78 is 26.6. The predicted molar refractivity (Wildman–Crippen MR) is 60.8 cm³/mol. The van der Waals surface area contributed by atoms with E-state index < -0.39 is 14.1 Å². The summed E-state index contributed by atoms with van der Waals surface area (Å²) in [6, 6.07) is 0. The van der Waals surface area contributed by atoms with Crippen LogP contribution in [0.15, 0.2) is 0 Å². The van der Waals surface area contributed by atoms with Gasteiger partial charge in [0.05, 0.1) is 21.1 Å². The van der Waals surface area contributed by atoms with Crippen LogP contribution in [-0.2, 0) is 18.3 Å². The van der Waals surface area contributed by atoms with Crippen LogP contribution in [-0.4, -0.2) is 57.1 Å². The summed E-state index contributed by atoms with van der Waals surface area (Å²) >= 11 is 0. The number of methoxy groups -OCH3 is 1. The Bertz CT molecular complexity index is 237. The molecular formula is C9H23NO5P+. The number of hydrogen-bond acceptors (Lipinski definition) is 4. The molecule has 16 heavy (non-hydrogen) atoms. The first kappa shape index (κ1) is 16.0. The zero-order chi connectivity index (χ0) is 12.8. The first-order valence-electron chi connectivity index (χ1n) is 5.19. The second kappa shape index (κ2) is 6.69. The molecule has 0 aromatic carbocycles. The quantitative estimate of drug-likeness (QED) is 0.402. The zero-order valence-electron chi connectivity index (χ0n) is 10.7. The van der Waals surface area contributed by atoms with Gasteiger partial charge in [-0.15, -0.1) is 0 Å². The van der Waals surface area contributed by atoms with Gasteiger partial charge in [-0.25, -0.2) is 4.57 Å². The Morgan fingerprint density at radius 2 is 1.94 bits per heavy atom. The molecule has 0 aliphatic rings. The standard InChI is InChI=1S/C9H22NO5P/c1-6-9(13-5)15-16(11,12)14-8-7-10(2,3)4/h9H,6-8H2,1-5H3/p+1. The molecule has 0 aliphatic heterocycles. The Labute approximate surface area is 97.3 Å². The topological polar surface area (TPSA) is 65.0 Å². The zero-order valence-corrected chi connectivity index (χ0v) is 11.6. The second-order valence-electron chi connectivity index (χ2n) is 4.49. The number of rotatable bonds is 8. The summed E-state index contributed by atoms with van der Waals surface area (Å²) in [4.78, 5) is 9.37. The van der Waals surface area contributed by atoms with Crippen LogP contribution < -0.4 is 0 Å². The fraction of sp³-hybridized carbons (Fsp3) is 1.00. The first-order valence-corrected chi connectivity index (χ1v) is 6.68. The van der Waals surface area contributed by atoms with Gasteiger partial charge in [-0.3, -0.25) is 9.05 Å². The number of hydrogen-bond donors (Lipinski definition) is 1. The molecule has 0 bridgehead atoms. The number of phosphoric ester groups is 1. The highest BCUT2D eigenvalue weighted by Gasteiger charge is 2.26. The lowest BCUT2D eigenvalue weighted by Crippen LogP contribution is -2.37. The van der Waals surface area contributed by atoms with Gasteiger partial charge < -0.3 is 14.1 Å². The Hall–Kier alpha value is 0.0300. The van der Waals surface area contributed by atoms with Gasteiger partial charge in [0.2, 0.25) is 0 Å². The minimum Gasteiger partial charge on any atom is -0.355 e. The van der Waals surface area contributed by atoms with E-state index in [2.05, 4.69) is 0 Å². The Morgan fingerprint density at radius 3 is 2.31 bits per heavy atom. The Kier molecular flexibility index (Phi) is 6.70. The second-order valence-corrected chi connectivity index (χ2v) is 5.90. The molecule has 0 aromatic rings. The average Bonchev–Trinajstić information content (AvgIpc) is 2.11. The van der Waals surface area contributed by atoms with E-state index in [4.69, 9.17) is 13.8 Å². The molecule has 2 unspecified atom stereocenters. The van der Waals surface area contributed by atoms with Crippen molar-refractivity contribution in [3.63, 3.8) is 0 Å². The first-order chi connectivity index (χ1) is 7.20. The molecule has 0 rings (SSSR count). The molecule has 0 spiro atoms. The smallest absolute Gasteiger partial charge is 0.355 e. The number of nitrogens with zero attached hydrogens (tertiary/aromatic N) is 1. The summed E-state index contributed by atoms with van der Waals surface area (Å²) in [5, 5.41) is 0. The van der Waals surface area contributed by atoms with E-state index in [1.807, 2.05) is 21.1 Å². The summed E-state index contributed by atoms with van der Waals surface area (Å²) in [6.45, 7) is 2.58. The van der Waals surface area contributed by atoms with Crippen molar-refractivity contribution in [2.75, 3.05) is 41.4 Å². The van der Waals surface area contributed by atoms with Crippen molar-refractivity contribution in [1.29, 1.82) is 0 Å². The Morgan fingerprint density at radius 1 is 1.38 bits per heavy atom. The van der Waals surface area contributed by atoms with E-state index in [1.54, 1.807) is 6.92 Å². The largest absolute Gasteiger partial charge is 0.474 e. The minimum absolute atomic E-state index is 0.164. The van der Waals surface area contributed by atoms with Gasteiger partial charge in [0.1, 0.15) is 13.2 Å². The van der Waals surface area contributed by atoms with Crippen molar-refractivity contribution in [1.82, 2.24) is 0 Å². The summed E-state index contributed by atoms with van der Waals surface area (Å²) in [7, 11) is 3.32. The molecule has 2 atom stereocenters. The molecule has 0 radical (unpaired) electrons. The number of likely N-dealkylation sites (N-methyl/N-ethyl adjacent to an activating group) is 1. The van der Waals surface area contributed by atoms with Crippen LogP contribution in [0.25, 0.3) is 0 Å². The van der Waals surface area contributed by atoms with Crippen LogP contribution in [0.2, 0.25) is 0 Å². The van der Waals surface area contributed by atoms with Crippen molar-refractivity contribution in [2.24, 2.45) is 0 Å². The average molecular weight is 256 g/mol. The molecule has 7 heteroatoms. The molecule has 98 valence electrons. The SMILES string of the molecule is CCC(OC)OP(=O)(O)OCC[N+](C)(C)C. The lowest BCUT2D eigenvalue weighted by Gasteiger charge is -2.24. The number of quaternary nitrogens is 1. The van der Waals surface area contributed by atoms with E-state index in [9.17, 15) is 9.46 Å². The van der Waals surface area contributed by atoms with Crippen molar-refractivity contribution in [2.45, 2.75) is 19.6 Å². The highest BCUT2D eigenvalue weighted by molar-refractivity contribution is 7.47. The van der Waals surface area contributed by atoms with Gasteiger partial charge in [0, 0.05) is 7.11 Å². The minimum atomic E-state index is -4.00. The van der Waals surface area contributed by atoms with Gasteiger partial charge >= 0.3 is 7.82 Å². The molecule has 0 saturated carbocycles. The predicted octanol–water partition coefficient (Wildman–Crippen LogP) is 1.21. The third-order valence-corrected chi connectivity index (χ3v) is 2.87. The Balaban J connectivity index is 4.00. The third-order valence-electron chi connectivity index (χ3n) is 1.86. The van der Waals surface area contributed by atoms with E-state index >= 15 is 0 Å². The van der Waals surface area contributed by atoms with E-state index in [0.29, 0.717) is 17.4 Å². The van der Waals surface area contributed by atoms with E-state index in [0.717, 1.165) is 0 Å². The van der Waals surface area contributed by atoms with Crippen molar-refractivity contribution >= 4 is 7.82 Å². The molecule has 0 amide bonds. The van der Waals surface area contributed by atoms with Crippen molar-refractivity contribution in [3.05, 3.63) is 0 Å². The van der Waals surface area contributed by atoms with Crippen LogP contribution in [0.3, 0.4) is 0 Å². The fourth-order valence-corrected chi connectivity index (χ4v) is 1.80. The normalized spacial score (nSPS) is 18.1. The van der Waals surface area contributed by atoms with Crippen LogP contribution >= 0.6 is 7.82 Å². The maximum Gasteiger partial charge on any atom is 0.474 e. The lowest BCUT2D eigenvalue weighted by molar-refractivity contribution is -0.870. The molecule has 0 heterocycles. The molecular weight excluding hydrogens is 233 g/mol. The molecule has 0 aromatic heterocycles. The monoisotopic (exact) mass is 256 g/mol. The van der Waals surface area contributed by atoms with Crippen LogP contribution in [0.1, 0.15) is 13.3 Å². The lowest BCUT2D eigenvalue weighted by atomic mass is 10.5. The highest BCUT2D eigenvalue weighted by atomic mass is 31.2. The van der Waals surface area contributed by atoms with Crippen molar-refractivity contribution < 1.29 is 27.7 Å². The van der Waals surface area contributed by atoms with E-state index in [1.165, 1.54) is 7.11 Å². The number of ether oxygens (including phenoxy) is 1. The summed E-state index contributed by atoms with van der Waals surface area (Å²) in [5.74, 6) is 0. The highest BCUT2D eigenvalue weighted by Crippen LogP contribution is 2.44. The summed E-state index contributed by atoms with van der Waals surface area (Å²) in [6.07, 6.45) is -0.223. The van der Waals surface area contributed by atoms with E-state index in [-0.39, 0.29) is 6.61 Å². The maximum absolute atomic E-state index is 11.5. The van der Waals surface area contributed by atoms with Crippen molar-refractivity contribution in [3.8, 4) is 0 Å². The molecule has 6 nitrogen and oxygen atoms in total. The van der Waals surface area contributed by atoms with Crippen LogP contribution in [0.5, 0.6) is 0 Å². The summed E-state index contributed by atoms with van der Waals surface area (Å²) in [5.41, 5.74) is 0. The molecule has 0 aliphatic carbocycles. The third kappa shape index (κ3) is 8.21. The molecule has 0 fully saturated rings. The van der Waals surface area contributed by atoms with Crippen LogP contribution in [0, 0.1) is 0 Å². The number of phosphoric acid groups is 1. The fourth-order valence-electron chi connectivity index (χ4n) is 0.893. The van der Waals surface area contributed by atoms with Crippen LogP contribution in [0.4, 0.5) is 0 Å². The van der Waals surface area contributed by atoms with Gasteiger partial charge in [0.25, 0.3) is 0 Å². The van der Waals surface area contributed by atoms with Gasteiger partial charge in [-0.2, -0.15) is 0 Å². The van der Waals surface area contributed by atoms with Gasteiger partial charge in [-0.1, -0.05) is 6.92 Å².